The Labute approximate surface area is 160 Å². The zero-order chi connectivity index (χ0) is 18.6. The Morgan fingerprint density at radius 2 is 1.89 bits per heavy atom. The van der Waals surface area contributed by atoms with Crippen LogP contribution in [0.3, 0.4) is 0 Å². The number of ether oxygens (including phenoxy) is 1. The average Bonchev–Trinajstić information content (AvgIpc) is 3.12. The number of nitrogens with zero attached hydrogens (tertiary/aromatic N) is 3. The number of para-hydroxylation sites is 1. The van der Waals surface area contributed by atoms with Crippen molar-refractivity contribution in [2.75, 3.05) is 30.4 Å². The lowest BCUT2D eigenvalue weighted by atomic mass is 10.1. The molecule has 2 heterocycles. The molecule has 0 radical (unpaired) electrons. The summed E-state index contributed by atoms with van der Waals surface area (Å²) in [6, 6.07) is 18.7. The summed E-state index contributed by atoms with van der Waals surface area (Å²) in [5, 5.41) is 3.37. The maximum atomic E-state index is 5.20. The fraction of sp³-hybridized carbons (Fsp3) is 0.273. The monoisotopic (exact) mass is 360 g/mol. The molecule has 3 aromatic rings. The minimum Gasteiger partial charge on any atom is -0.497 e. The van der Waals surface area contributed by atoms with Gasteiger partial charge >= 0.3 is 0 Å². The van der Waals surface area contributed by atoms with Crippen LogP contribution in [-0.4, -0.2) is 30.2 Å². The number of hydrogen-bond acceptors (Lipinski definition) is 5. The van der Waals surface area contributed by atoms with Gasteiger partial charge in [-0.05, 0) is 49.1 Å². The molecule has 0 spiro atoms. The Morgan fingerprint density at radius 3 is 2.70 bits per heavy atom. The number of fused-ring (bicyclic) bond motifs is 1. The molecule has 0 amide bonds. The van der Waals surface area contributed by atoms with Gasteiger partial charge in [0.05, 0.1) is 7.11 Å². The highest BCUT2D eigenvalue weighted by Crippen LogP contribution is 2.33. The molecule has 0 saturated heterocycles. The second-order valence-corrected chi connectivity index (χ2v) is 6.75. The van der Waals surface area contributed by atoms with E-state index in [2.05, 4.69) is 57.7 Å². The lowest BCUT2D eigenvalue weighted by molar-refractivity contribution is 0.414. The number of hydrogen-bond donors (Lipinski definition) is 1. The topological polar surface area (TPSA) is 50.3 Å². The van der Waals surface area contributed by atoms with Gasteiger partial charge in [-0.15, -0.1) is 0 Å². The summed E-state index contributed by atoms with van der Waals surface area (Å²) in [6.07, 6.45) is 1.96. The van der Waals surface area contributed by atoms with Gasteiger partial charge in [0.2, 0.25) is 5.95 Å². The molecular formula is C22H24N4O. The lowest BCUT2D eigenvalue weighted by Crippen LogP contribution is -2.17. The highest BCUT2D eigenvalue weighted by Gasteiger charge is 2.21. The van der Waals surface area contributed by atoms with Crippen LogP contribution in [0.25, 0.3) is 0 Å². The van der Waals surface area contributed by atoms with Crippen LogP contribution >= 0.6 is 0 Å². The van der Waals surface area contributed by atoms with Gasteiger partial charge in [0.25, 0.3) is 0 Å². The second kappa shape index (κ2) is 7.66. The van der Waals surface area contributed by atoms with Gasteiger partial charge in [-0.2, -0.15) is 4.98 Å². The van der Waals surface area contributed by atoms with Crippen LogP contribution in [0, 0.1) is 6.92 Å². The van der Waals surface area contributed by atoms with Crippen molar-refractivity contribution in [1.29, 1.82) is 0 Å². The Kier molecular flexibility index (Phi) is 4.92. The molecule has 0 aliphatic carbocycles. The summed E-state index contributed by atoms with van der Waals surface area (Å²) >= 11 is 0. The number of anilines is 3. The van der Waals surface area contributed by atoms with Crippen molar-refractivity contribution >= 4 is 17.5 Å². The van der Waals surface area contributed by atoms with E-state index < -0.39 is 0 Å². The van der Waals surface area contributed by atoms with Gasteiger partial charge in [-0.1, -0.05) is 30.3 Å². The quantitative estimate of drug-likeness (QED) is 0.716. The average molecular weight is 360 g/mol. The Hall–Kier alpha value is -3.08. The van der Waals surface area contributed by atoms with E-state index in [4.69, 9.17) is 9.72 Å². The Bertz CT molecular complexity index is 924. The van der Waals surface area contributed by atoms with Gasteiger partial charge in [0.15, 0.2) is 0 Å². The molecule has 1 aliphatic heterocycles. The van der Waals surface area contributed by atoms with Crippen LogP contribution in [0.4, 0.5) is 17.5 Å². The van der Waals surface area contributed by atoms with Crippen molar-refractivity contribution in [3.8, 4) is 5.75 Å². The minimum absolute atomic E-state index is 0.683. The molecule has 1 N–H and O–H groups in total. The zero-order valence-electron chi connectivity index (χ0n) is 15.8. The van der Waals surface area contributed by atoms with E-state index in [1.807, 2.05) is 19.1 Å². The van der Waals surface area contributed by atoms with Crippen LogP contribution in [0.2, 0.25) is 0 Å². The molecule has 0 fully saturated rings. The van der Waals surface area contributed by atoms with E-state index in [0.29, 0.717) is 5.95 Å². The van der Waals surface area contributed by atoms with Gasteiger partial charge in [-0.3, -0.25) is 0 Å². The van der Waals surface area contributed by atoms with Crippen molar-refractivity contribution < 1.29 is 4.74 Å². The first-order valence-electron chi connectivity index (χ1n) is 9.31. The summed E-state index contributed by atoms with van der Waals surface area (Å²) < 4.78 is 5.20. The number of aryl methyl sites for hydroxylation is 1. The first-order valence-corrected chi connectivity index (χ1v) is 9.31. The van der Waals surface area contributed by atoms with Crippen LogP contribution in [-0.2, 0) is 12.8 Å². The van der Waals surface area contributed by atoms with Gasteiger partial charge in [-0.25, -0.2) is 4.98 Å². The summed E-state index contributed by atoms with van der Waals surface area (Å²) in [5.41, 5.74) is 4.85. The molecule has 5 nitrogen and oxygen atoms in total. The molecule has 27 heavy (non-hydrogen) atoms. The van der Waals surface area contributed by atoms with E-state index in [9.17, 15) is 0 Å². The highest BCUT2D eigenvalue weighted by molar-refractivity contribution is 5.68. The minimum atomic E-state index is 0.683. The van der Waals surface area contributed by atoms with Crippen LogP contribution in [0.15, 0.2) is 54.6 Å². The normalized spacial score (nSPS) is 12.7. The molecule has 0 bridgehead atoms. The third-order valence-corrected chi connectivity index (χ3v) is 4.86. The SMILES string of the molecule is COc1ccc(CCNc2nc(C)cc(N3CCc4ccccc43)n2)cc1. The van der Waals surface area contributed by atoms with Crippen molar-refractivity contribution in [2.45, 2.75) is 19.8 Å². The lowest BCUT2D eigenvalue weighted by Gasteiger charge is -2.19. The van der Waals surface area contributed by atoms with Gasteiger partial charge in [0.1, 0.15) is 11.6 Å². The first-order chi connectivity index (χ1) is 13.2. The fourth-order valence-electron chi connectivity index (χ4n) is 3.46. The predicted octanol–water partition coefficient (Wildman–Crippen LogP) is 4.14. The molecule has 0 unspecified atom stereocenters. The molecule has 0 atom stereocenters. The summed E-state index contributed by atoms with van der Waals surface area (Å²) in [7, 11) is 1.68. The molecule has 1 aliphatic rings. The summed E-state index contributed by atoms with van der Waals surface area (Å²) in [5.74, 6) is 2.52. The van der Waals surface area contributed by atoms with Crippen molar-refractivity contribution in [3.05, 3.63) is 71.4 Å². The van der Waals surface area contributed by atoms with Gasteiger partial charge < -0.3 is 15.0 Å². The molecule has 2 aromatic carbocycles. The largest absolute Gasteiger partial charge is 0.497 e. The van der Waals surface area contributed by atoms with E-state index in [-0.39, 0.29) is 0 Å². The van der Waals surface area contributed by atoms with Crippen LogP contribution < -0.4 is 15.0 Å². The maximum absolute atomic E-state index is 5.20. The molecule has 0 saturated carbocycles. The van der Waals surface area contributed by atoms with Crippen molar-refractivity contribution in [2.24, 2.45) is 0 Å². The smallest absolute Gasteiger partial charge is 0.224 e. The van der Waals surface area contributed by atoms with E-state index in [1.165, 1.54) is 16.8 Å². The fourth-order valence-corrected chi connectivity index (χ4v) is 3.46. The van der Waals surface area contributed by atoms with E-state index >= 15 is 0 Å². The zero-order valence-corrected chi connectivity index (χ0v) is 15.8. The first kappa shape index (κ1) is 17.3. The van der Waals surface area contributed by atoms with Gasteiger partial charge in [0, 0.05) is 30.5 Å². The third kappa shape index (κ3) is 3.87. The standard InChI is InChI=1S/C22H24N4O/c1-16-15-21(26-14-12-18-5-3-4-6-20(18)26)25-22(24-16)23-13-11-17-7-9-19(27-2)10-8-17/h3-10,15H,11-14H2,1-2H3,(H,23,24,25). The van der Waals surface area contributed by atoms with E-state index in [0.717, 1.165) is 43.2 Å². The molecule has 138 valence electrons. The van der Waals surface area contributed by atoms with Crippen molar-refractivity contribution in [1.82, 2.24) is 9.97 Å². The summed E-state index contributed by atoms with van der Waals surface area (Å²) in [6.45, 7) is 3.76. The molecule has 4 rings (SSSR count). The number of nitrogens with one attached hydrogen (secondary N) is 1. The number of benzene rings is 2. The molecule has 1 aromatic heterocycles. The van der Waals surface area contributed by atoms with Crippen LogP contribution in [0.5, 0.6) is 5.75 Å². The Morgan fingerprint density at radius 1 is 1.07 bits per heavy atom. The van der Waals surface area contributed by atoms with E-state index in [1.54, 1.807) is 7.11 Å². The number of rotatable bonds is 6. The third-order valence-electron chi connectivity index (χ3n) is 4.86. The molecular weight excluding hydrogens is 336 g/mol. The summed E-state index contributed by atoms with van der Waals surface area (Å²) in [4.78, 5) is 11.6. The second-order valence-electron chi connectivity index (χ2n) is 6.75. The predicted molar refractivity (Wildman–Crippen MR) is 109 cm³/mol. The number of aromatic nitrogens is 2. The molecule has 5 heteroatoms. The number of methoxy groups -OCH3 is 1. The van der Waals surface area contributed by atoms with Crippen LogP contribution in [0.1, 0.15) is 16.8 Å². The van der Waals surface area contributed by atoms with Crippen molar-refractivity contribution in [3.63, 3.8) is 0 Å². The Balaban J connectivity index is 1.45. The highest BCUT2D eigenvalue weighted by atomic mass is 16.5. The maximum Gasteiger partial charge on any atom is 0.224 e.